The van der Waals surface area contributed by atoms with Crippen molar-refractivity contribution in [1.82, 2.24) is 0 Å². The van der Waals surface area contributed by atoms with Crippen molar-refractivity contribution in [2.75, 3.05) is 6.61 Å². The lowest BCUT2D eigenvalue weighted by Crippen LogP contribution is -2.67. The van der Waals surface area contributed by atoms with Crippen molar-refractivity contribution >= 4 is 32.8 Å². The van der Waals surface area contributed by atoms with Crippen LogP contribution >= 0.6 is 0 Å². The molecule has 1 aliphatic rings. The van der Waals surface area contributed by atoms with Crippen LogP contribution in [-0.2, 0) is 18.4 Å². The number of ether oxygens (including phenoxy) is 1. The normalized spacial score (nSPS) is 20.9. The number of ketones is 1. The molecule has 4 nitrogen and oxygen atoms in total. The molecule has 1 fully saturated rings. The predicted molar refractivity (Wildman–Crippen MR) is 173 cm³/mol. The van der Waals surface area contributed by atoms with Gasteiger partial charge in [-0.3, -0.25) is 4.79 Å². The van der Waals surface area contributed by atoms with E-state index in [-0.39, 0.29) is 29.1 Å². The monoisotopic (exact) mass is 582 g/mol. The van der Waals surface area contributed by atoms with Crippen LogP contribution in [0.4, 0.5) is 0 Å². The summed E-state index contributed by atoms with van der Waals surface area (Å²) in [5.74, 6) is 0.164. The molecule has 2 aromatic rings. The van der Waals surface area contributed by atoms with Crippen molar-refractivity contribution in [2.24, 2.45) is 0 Å². The van der Waals surface area contributed by atoms with Gasteiger partial charge in [-0.05, 0) is 45.4 Å². The molecule has 0 radical (unpaired) electrons. The summed E-state index contributed by atoms with van der Waals surface area (Å²) >= 11 is 0. The quantitative estimate of drug-likeness (QED) is 0.241. The molecule has 3 rings (SSSR count). The van der Waals surface area contributed by atoms with E-state index in [0.717, 1.165) is 12.8 Å². The maximum Gasteiger partial charge on any atom is 0.261 e. The van der Waals surface area contributed by atoms with E-state index in [1.54, 1.807) is 6.92 Å². The summed E-state index contributed by atoms with van der Waals surface area (Å²) in [6.45, 7) is 23.1. The molecule has 0 aromatic heterocycles. The maximum absolute atomic E-state index is 12.2. The summed E-state index contributed by atoms with van der Waals surface area (Å²) < 4.78 is 21.2. The van der Waals surface area contributed by atoms with Gasteiger partial charge in [0.15, 0.2) is 0 Å². The fraction of sp³-hybridized carbons (Fsp3) is 0.618. The molecular formula is C34H54O4Si2. The Bertz CT molecular complexity index is 1000. The van der Waals surface area contributed by atoms with Crippen molar-refractivity contribution in [1.29, 1.82) is 0 Å². The standard InChI is InChI=1S/C34H54O4Si2/c1-25(2)39(26(3)4,27(5)6)38-30-22-29(21-28(7)35)37-31(23-30)24-36-40(34(8,9)10,32-17-13-11-14-18-32)33-19-15-12-16-20-33/h11-20,25-27,29-31H,21-24H2,1-10H3/t29-,30+,31-/m0/s1. The number of carbonyl (C=O) groups excluding carboxylic acids is 1. The topological polar surface area (TPSA) is 44.8 Å². The highest BCUT2D eigenvalue weighted by atomic mass is 28.4. The molecule has 0 aliphatic carbocycles. The van der Waals surface area contributed by atoms with E-state index in [9.17, 15) is 4.79 Å². The summed E-state index contributed by atoms with van der Waals surface area (Å²) in [6.07, 6.45) is 1.81. The molecule has 1 aliphatic heterocycles. The molecular weight excluding hydrogens is 529 g/mol. The van der Waals surface area contributed by atoms with Crippen LogP contribution in [0.15, 0.2) is 60.7 Å². The molecule has 0 unspecified atom stereocenters. The summed E-state index contributed by atoms with van der Waals surface area (Å²) in [5, 5.41) is 2.43. The largest absolute Gasteiger partial charge is 0.413 e. The third-order valence-electron chi connectivity index (χ3n) is 8.93. The number of rotatable bonds is 12. The lowest BCUT2D eigenvalue weighted by atomic mass is 9.98. The van der Waals surface area contributed by atoms with E-state index < -0.39 is 16.6 Å². The van der Waals surface area contributed by atoms with E-state index >= 15 is 0 Å². The number of Topliss-reactive ketones (excluding diaryl/α,β-unsaturated/α-hetero) is 1. The maximum atomic E-state index is 12.2. The Labute approximate surface area is 246 Å². The Kier molecular flexibility index (Phi) is 11.2. The second-order valence-corrected chi connectivity index (χ2v) is 23.5. The molecule has 0 bridgehead atoms. The fourth-order valence-electron chi connectivity index (χ4n) is 7.40. The average Bonchev–Trinajstić information content (AvgIpc) is 2.87. The highest BCUT2D eigenvalue weighted by Crippen LogP contribution is 2.45. The van der Waals surface area contributed by atoms with Gasteiger partial charge in [0.2, 0.25) is 8.32 Å². The Morgan fingerprint density at radius 1 is 0.825 bits per heavy atom. The zero-order valence-electron chi connectivity index (χ0n) is 26.7. The molecule has 6 heteroatoms. The van der Waals surface area contributed by atoms with Crippen LogP contribution in [0.1, 0.15) is 88.5 Å². The predicted octanol–water partition coefficient (Wildman–Crippen LogP) is 7.65. The number of benzene rings is 2. The van der Waals surface area contributed by atoms with Crippen molar-refractivity contribution in [3.8, 4) is 0 Å². The first-order valence-electron chi connectivity index (χ1n) is 15.3. The van der Waals surface area contributed by atoms with Crippen LogP contribution in [0.5, 0.6) is 0 Å². The lowest BCUT2D eigenvalue weighted by Gasteiger charge is -2.48. The molecule has 0 N–H and O–H groups in total. The minimum Gasteiger partial charge on any atom is -0.413 e. The van der Waals surface area contributed by atoms with Gasteiger partial charge in [-0.2, -0.15) is 0 Å². The third kappa shape index (κ3) is 7.07. The van der Waals surface area contributed by atoms with E-state index in [4.69, 9.17) is 13.6 Å². The summed E-state index contributed by atoms with van der Waals surface area (Å²) in [7, 11) is -4.77. The first kappa shape index (κ1) is 32.9. The molecule has 0 saturated carbocycles. The van der Waals surface area contributed by atoms with Crippen LogP contribution < -0.4 is 10.4 Å². The van der Waals surface area contributed by atoms with Gasteiger partial charge in [0.1, 0.15) is 5.78 Å². The molecule has 1 saturated heterocycles. The van der Waals surface area contributed by atoms with E-state index in [1.807, 2.05) is 0 Å². The second kappa shape index (κ2) is 13.6. The molecule has 3 atom stereocenters. The van der Waals surface area contributed by atoms with Crippen LogP contribution in [0.25, 0.3) is 0 Å². The minimum absolute atomic E-state index is 0.0738. The zero-order chi connectivity index (χ0) is 29.7. The fourth-order valence-corrected chi connectivity index (χ4v) is 17.6. The number of hydrogen-bond donors (Lipinski definition) is 0. The van der Waals surface area contributed by atoms with E-state index in [0.29, 0.717) is 29.7 Å². The van der Waals surface area contributed by atoms with Gasteiger partial charge in [0.05, 0.1) is 24.9 Å². The summed E-state index contributed by atoms with van der Waals surface area (Å²) in [5.41, 5.74) is 1.52. The first-order valence-corrected chi connectivity index (χ1v) is 19.4. The molecule has 0 spiro atoms. The number of hydrogen-bond acceptors (Lipinski definition) is 4. The zero-order valence-corrected chi connectivity index (χ0v) is 28.7. The third-order valence-corrected chi connectivity index (χ3v) is 20.1. The Morgan fingerprint density at radius 3 is 1.68 bits per heavy atom. The van der Waals surface area contributed by atoms with Crippen molar-refractivity contribution < 1.29 is 18.4 Å². The molecule has 0 amide bonds. The van der Waals surface area contributed by atoms with Gasteiger partial charge in [-0.15, -0.1) is 0 Å². The van der Waals surface area contributed by atoms with Crippen molar-refractivity contribution in [3.63, 3.8) is 0 Å². The SMILES string of the molecule is CC(=O)C[C@H]1C[C@@H](O[Si](C(C)C)(C(C)C)C(C)C)C[C@@H](CO[Si](c2ccccc2)(c2ccccc2)C(C)(C)C)O1. The highest BCUT2D eigenvalue weighted by Gasteiger charge is 2.51. The smallest absolute Gasteiger partial charge is 0.261 e. The van der Waals surface area contributed by atoms with Gasteiger partial charge in [-0.25, -0.2) is 0 Å². The average molecular weight is 583 g/mol. The van der Waals surface area contributed by atoms with Gasteiger partial charge < -0.3 is 13.6 Å². The van der Waals surface area contributed by atoms with Crippen LogP contribution in [0.2, 0.25) is 21.7 Å². The molecule has 2 aromatic carbocycles. The van der Waals surface area contributed by atoms with E-state index in [1.165, 1.54) is 10.4 Å². The van der Waals surface area contributed by atoms with Gasteiger partial charge in [0.25, 0.3) is 8.32 Å². The highest BCUT2D eigenvalue weighted by molar-refractivity contribution is 6.99. The lowest BCUT2D eigenvalue weighted by molar-refractivity contribution is -0.131. The Hall–Kier alpha value is -1.58. The van der Waals surface area contributed by atoms with Gasteiger partial charge in [0, 0.05) is 12.8 Å². The Morgan fingerprint density at radius 2 is 1.27 bits per heavy atom. The molecule has 222 valence electrons. The van der Waals surface area contributed by atoms with Gasteiger partial charge in [-0.1, -0.05) is 123 Å². The molecule has 1 heterocycles. The van der Waals surface area contributed by atoms with Crippen LogP contribution in [0.3, 0.4) is 0 Å². The Balaban J connectivity index is 1.97. The second-order valence-electron chi connectivity index (χ2n) is 13.8. The first-order chi connectivity index (χ1) is 18.7. The van der Waals surface area contributed by atoms with Crippen LogP contribution in [-0.4, -0.2) is 47.3 Å². The van der Waals surface area contributed by atoms with Crippen molar-refractivity contribution in [3.05, 3.63) is 60.7 Å². The minimum atomic E-state index is -2.69. The summed E-state index contributed by atoms with van der Waals surface area (Å²) in [4.78, 5) is 12.2. The summed E-state index contributed by atoms with van der Waals surface area (Å²) in [6, 6.07) is 21.5. The van der Waals surface area contributed by atoms with Gasteiger partial charge >= 0.3 is 0 Å². The van der Waals surface area contributed by atoms with Crippen LogP contribution in [0, 0.1) is 0 Å². The number of carbonyl (C=O) groups is 1. The molecule has 40 heavy (non-hydrogen) atoms. The van der Waals surface area contributed by atoms with Crippen molar-refractivity contribution in [2.45, 2.75) is 128 Å². The van der Waals surface area contributed by atoms with E-state index in [2.05, 4.69) is 123 Å².